The average Bonchev–Trinajstić information content (AvgIpc) is 2.91. The summed E-state index contributed by atoms with van der Waals surface area (Å²) in [7, 11) is 0. The van der Waals surface area contributed by atoms with Crippen LogP contribution in [-0.2, 0) is 9.47 Å². The molecule has 0 saturated heterocycles. The SMILES string of the molecule is CCOC(OCC)c1cn(-c2ccc(Cl)c(Br)c2)nn1. The fraction of sp³-hybridized carbons (Fsp3) is 0.385. The van der Waals surface area contributed by atoms with Crippen molar-refractivity contribution in [1.29, 1.82) is 0 Å². The maximum Gasteiger partial charge on any atom is 0.204 e. The molecule has 1 aromatic heterocycles. The molecule has 2 rings (SSSR count). The van der Waals surface area contributed by atoms with Gasteiger partial charge in [-0.3, -0.25) is 0 Å². The van der Waals surface area contributed by atoms with Crippen molar-refractivity contribution >= 4 is 27.5 Å². The Morgan fingerprint density at radius 1 is 1.30 bits per heavy atom. The Morgan fingerprint density at radius 3 is 2.60 bits per heavy atom. The lowest BCUT2D eigenvalue weighted by Gasteiger charge is -2.13. The minimum atomic E-state index is -0.491. The summed E-state index contributed by atoms with van der Waals surface area (Å²) in [6, 6.07) is 5.53. The van der Waals surface area contributed by atoms with Crippen molar-refractivity contribution < 1.29 is 9.47 Å². The van der Waals surface area contributed by atoms with Gasteiger partial charge in [0, 0.05) is 17.7 Å². The van der Waals surface area contributed by atoms with Gasteiger partial charge in [-0.25, -0.2) is 4.68 Å². The smallest absolute Gasteiger partial charge is 0.204 e. The van der Waals surface area contributed by atoms with Crippen LogP contribution in [0.3, 0.4) is 0 Å². The molecule has 0 radical (unpaired) electrons. The third-order valence-corrected chi connectivity index (χ3v) is 3.77. The molecule has 5 nitrogen and oxygen atoms in total. The van der Waals surface area contributed by atoms with E-state index < -0.39 is 6.29 Å². The summed E-state index contributed by atoms with van der Waals surface area (Å²) in [4.78, 5) is 0. The van der Waals surface area contributed by atoms with Gasteiger partial charge < -0.3 is 9.47 Å². The Kier molecular flexibility index (Phi) is 5.54. The Balaban J connectivity index is 2.24. The van der Waals surface area contributed by atoms with Crippen molar-refractivity contribution in [2.75, 3.05) is 13.2 Å². The molecule has 0 fully saturated rings. The molecule has 0 bridgehead atoms. The minimum Gasteiger partial charge on any atom is -0.347 e. The van der Waals surface area contributed by atoms with Gasteiger partial charge in [-0.05, 0) is 48.0 Å². The molecule has 2 aromatic rings. The largest absolute Gasteiger partial charge is 0.347 e. The Morgan fingerprint density at radius 2 is 2.00 bits per heavy atom. The highest BCUT2D eigenvalue weighted by molar-refractivity contribution is 9.10. The molecule has 7 heteroatoms. The number of aromatic nitrogens is 3. The van der Waals surface area contributed by atoms with Gasteiger partial charge in [0.1, 0.15) is 5.69 Å². The van der Waals surface area contributed by atoms with Crippen LogP contribution in [0, 0.1) is 0 Å². The highest BCUT2D eigenvalue weighted by Gasteiger charge is 2.16. The van der Waals surface area contributed by atoms with Crippen molar-refractivity contribution in [2.24, 2.45) is 0 Å². The first-order valence-electron chi connectivity index (χ1n) is 6.26. The molecule has 1 aromatic carbocycles. The number of ether oxygens (including phenoxy) is 2. The van der Waals surface area contributed by atoms with Crippen LogP contribution in [-0.4, -0.2) is 28.2 Å². The zero-order chi connectivity index (χ0) is 14.5. The second-order valence-corrected chi connectivity index (χ2v) is 5.19. The van der Waals surface area contributed by atoms with E-state index in [0.717, 1.165) is 10.2 Å². The predicted molar refractivity (Wildman–Crippen MR) is 80.1 cm³/mol. The first-order chi connectivity index (χ1) is 9.65. The molecule has 0 saturated carbocycles. The van der Waals surface area contributed by atoms with Crippen LogP contribution in [0.1, 0.15) is 25.8 Å². The monoisotopic (exact) mass is 359 g/mol. The van der Waals surface area contributed by atoms with Crippen molar-refractivity contribution in [2.45, 2.75) is 20.1 Å². The summed E-state index contributed by atoms with van der Waals surface area (Å²) in [6.45, 7) is 4.91. The van der Waals surface area contributed by atoms with Gasteiger partial charge in [-0.2, -0.15) is 0 Å². The minimum absolute atomic E-state index is 0.491. The van der Waals surface area contributed by atoms with E-state index in [-0.39, 0.29) is 0 Å². The second-order valence-electron chi connectivity index (χ2n) is 3.93. The van der Waals surface area contributed by atoms with Gasteiger partial charge in [-0.1, -0.05) is 16.8 Å². The number of benzene rings is 1. The summed E-state index contributed by atoms with van der Waals surface area (Å²) in [5, 5.41) is 8.83. The molecule has 0 unspecified atom stereocenters. The van der Waals surface area contributed by atoms with E-state index >= 15 is 0 Å². The number of rotatable bonds is 6. The number of hydrogen-bond donors (Lipinski definition) is 0. The second kappa shape index (κ2) is 7.17. The first-order valence-corrected chi connectivity index (χ1v) is 7.43. The molecular formula is C13H15BrClN3O2. The topological polar surface area (TPSA) is 49.2 Å². The normalized spacial score (nSPS) is 11.2. The molecule has 0 aliphatic carbocycles. The molecule has 108 valence electrons. The highest BCUT2D eigenvalue weighted by Crippen LogP contribution is 2.25. The summed E-state index contributed by atoms with van der Waals surface area (Å²) in [5.74, 6) is 0. The van der Waals surface area contributed by atoms with E-state index in [9.17, 15) is 0 Å². The fourth-order valence-corrected chi connectivity index (χ4v) is 2.14. The quantitative estimate of drug-likeness (QED) is 0.736. The van der Waals surface area contributed by atoms with Gasteiger partial charge in [0.05, 0.1) is 16.9 Å². The van der Waals surface area contributed by atoms with Crippen LogP contribution < -0.4 is 0 Å². The maximum absolute atomic E-state index is 5.97. The lowest BCUT2D eigenvalue weighted by atomic mass is 10.3. The van der Waals surface area contributed by atoms with E-state index in [0.29, 0.717) is 23.9 Å². The van der Waals surface area contributed by atoms with Gasteiger partial charge in [0.25, 0.3) is 0 Å². The van der Waals surface area contributed by atoms with Crippen molar-refractivity contribution in [3.8, 4) is 5.69 Å². The van der Waals surface area contributed by atoms with Crippen LogP contribution in [0.4, 0.5) is 0 Å². The van der Waals surface area contributed by atoms with E-state index in [1.54, 1.807) is 16.9 Å². The third-order valence-electron chi connectivity index (χ3n) is 2.56. The van der Waals surface area contributed by atoms with E-state index in [4.69, 9.17) is 21.1 Å². The van der Waals surface area contributed by atoms with Crippen LogP contribution >= 0.6 is 27.5 Å². The number of hydrogen-bond acceptors (Lipinski definition) is 4. The standard InChI is InChI=1S/C13H15BrClN3O2/c1-3-19-13(20-4-2)12-8-18(17-16-12)9-5-6-11(15)10(14)7-9/h5-8,13H,3-4H2,1-2H3. The summed E-state index contributed by atoms with van der Waals surface area (Å²) >= 11 is 9.36. The summed E-state index contributed by atoms with van der Waals surface area (Å²) in [5.41, 5.74) is 1.49. The Bertz CT molecular complexity index is 570. The van der Waals surface area contributed by atoms with E-state index in [1.165, 1.54) is 0 Å². The van der Waals surface area contributed by atoms with Gasteiger partial charge in [0.2, 0.25) is 6.29 Å². The van der Waals surface area contributed by atoms with Crippen molar-refractivity contribution in [1.82, 2.24) is 15.0 Å². The van der Waals surface area contributed by atoms with Gasteiger partial charge >= 0.3 is 0 Å². The Labute approximate surface area is 131 Å². The van der Waals surface area contributed by atoms with E-state index in [2.05, 4.69) is 26.2 Å². The van der Waals surface area contributed by atoms with Crippen LogP contribution in [0.5, 0.6) is 0 Å². The average molecular weight is 361 g/mol. The number of halogens is 2. The lowest BCUT2D eigenvalue weighted by Crippen LogP contribution is -2.09. The molecule has 0 N–H and O–H groups in total. The van der Waals surface area contributed by atoms with Crippen molar-refractivity contribution in [3.05, 3.63) is 39.6 Å². The zero-order valence-corrected chi connectivity index (χ0v) is 13.6. The molecule has 0 atom stereocenters. The predicted octanol–water partition coefficient (Wildman–Crippen LogP) is 3.75. The molecule has 0 amide bonds. The van der Waals surface area contributed by atoms with Gasteiger partial charge in [-0.15, -0.1) is 5.10 Å². The van der Waals surface area contributed by atoms with Gasteiger partial charge in [0.15, 0.2) is 0 Å². The molecular weight excluding hydrogens is 346 g/mol. The fourth-order valence-electron chi connectivity index (χ4n) is 1.66. The summed E-state index contributed by atoms with van der Waals surface area (Å²) < 4.78 is 13.4. The molecule has 0 aliphatic heterocycles. The van der Waals surface area contributed by atoms with Crippen LogP contribution in [0.25, 0.3) is 5.69 Å². The molecule has 1 heterocycles. The number of nitrogens with zero attached hydrogens (tertiary/aromatic N) is 3. The first kappa shape index (κ1) is 15.4. The summed E-state index contributed by atoms with van der Waals surface area (Å²) in [6.07, 6.45) is 1.29. The lowest BCUT2D eigenvalue weighted by molar-refractivity contribution is -0.142. The van der Waals surface area contributed by atoms with Crippen LogP contribution in [0.15, 0.2) is 28.9 Å². The molecule has 20 heavy (non-hydrogen) atoms. The molecule has 0 spiro atoms. The Hall–Kier alpha value is -0.950. The van der Waals surface area contributed by atoms with Crippen molar-refractivity contribution in [3.63, 3.8) is 0 Å². The molecule has 0 aliphatic rings. The zero-order valence-electron chi connectivity index (χ0n) is 11.2. The van der Waals surface area contributed by atoms with Crippen LogP contribution in [0.2, 0.25) is 5.02 Å². The van der Waals surface area contributed by atoms with E-state index in [1.807, 2.05) is 26.0 Å². The maximum atomic E-state index is 5.97. The highest BCUT2D eigenvalue weighted by atomic mass is 79.9. The third kappa shape index (κ3) is 3.58.